The summed E-state index contributed by atoms with van der Waals surface area (Å²) in [6, 6.07) is 16.0. The normalized spacial score (nSPS) is 16.6. The number of rotatable bonds is 5. The number of anilines is 1. The molecule has 108 valence electrons. The second-order valence-electron chi connectivity index (χ2n) is 5.20. The van der Waals surface area contributed by atoms with Gasteiger partial charge in [0.05, 0.1) is 0 Å². The van der Waals surface area contributed by atoms with Crippen LogP contribution >= 0.6 is 15.9 Å². The molecule has 1 amide bonds. The molecular formula is C17H17BrN2O. The summed E-state index contributed by atoms with van der Waals surface area (Å²) in [5.41, 5.74) is 3.26. The fourth-order valence-corrected chi connectivity index (χ4v) is 3.00. The van der Waals surface area contributed by atoms with Gasteiger partial charge in [-0.25, -0.2) is 0 Å². The fourth-order valence-electron chi connectivity index (χ4n) is 2.62. The molecule has 1 aliphatic heterocycles. The molecule has 21 heavy (non-hydrogen) atoms. The number of carbonyl (C=O) groups excluding carboxylic acids is 1. The van der Waals surface area contributed by atoms with Crippen molar-refractivity contribution in [1.82, 2.24) is 5.32 Å². The number of carbonyl (C=O) groups is 1. The molecule has 1 atom stereocenters. The van der Waals surface area contributed by atoms with Gasteiger partial charge in [-0.2, -0.15) is 0 Å². The number of halogens is 1. The average Bonchev–Trinajstić information content (AvgIpc) is 2.80. The molecule has 0 saturated carbocycles. The first-order valence-corrected chi connectivity index (χ1v) is 7.91. The molecule has 3 nitrogen and oxygen atoms in total. The first-order valence-electron chi connectivity index (χ1n) is 7.11. The Bertz CT molecular complexity index is 642. The van der Waals surface area contributed by atoms with E-state index >= 15 is 0 Å². The minimum Gasteiger partial charge on any atom is -0.324 e. The minimum atomic E-state index is -0.242. The number of fused-ring (bicyclic) bond motifs is 1. The van der Waals surface area contributed by atoms with E-state index in [1.165, 1.54) is 5.56 Å². The Labute approximate surface area is 132 Å². The fraction of sp³-hybridized carbons (Fsp3) is 0.235. The molecule has 0 aromatic heterocycles. The standard InChI is InChI=1S/C17H17BrN2O/c18-13-8-9-15-14(11-13)16(17(21)20-15)19-10-4-7-12-5-2-1-3-6-12/h1-3,5-6,8-9,11,16,19H,4,7,10H2,(H,20,21). The lowest BCUT2D eigenvalue weighted by atomic mass is 10.1. The highest BCUT2D eigenvalue weighted by atomic mass is 79.9. The lowest BCUT2D eigenvalue weighted by molar-refractivity contribution is -0.117. The quantitative estimate of drug-likeness (QED) is 0.812. The maximum atomic E-state index is 12.0. The zero-order chi connectivity index (χ0) is 14.7. The predicted molar refractivity (Wildman–Crippen MR) is 88.3 cm³/mol. The molecule has 4 heteroatoms. The van der Waals surface area contributed by atoms with E-state index in [2.05, 4.69) is 50.8 Å². The van der Waals surface area contributed by atoms with E-state index in [0.29, 0.717) is 0 Å². The van der Waals surface area contributed by atoms with Crippen molar-refractivity contribution in [3.05, 3.63) is 64.1 Å². The van der Waals surface area contributed by atoms with Crippen LogP contribution in [0.25, 0.3) is 0 Å². The van der Waals surface area contributed by atoms with Gasteiger partial charge >= 0.3 is 0 Å². The third-order valence-electron chi connectivity index (χ3n) is 3.68. The Morgan fingerprint density at radius 2 is 1.95 bits per heavy atom. The molecule has 1 aliphatic rings. The van der Waals surface area contributed by atoms with Crippen LogP contribution in [0, 0.1) is 0 Å². The summed E-state index contributed by atoms with van der Waals surface area (Å²) >= 11 is 3.46. The van der Waals surface area contributed by atoms with Gasteiger partial charge in [0.2, 0.25) is 5.91 Å². The number of hydrogen-bond donors (Lipinski definition) is 2. The lowest BCUT2D eigenvalue weighted by Crippen LogP contribution is -2.28. The second-order valence-corrected chi connectivity index (χ2v) is 6.11. The van der Waals surface area contributed by atoms with Crippen molar-refractivity contribution in [3.63, 3.8) is 0 Å². The van der Waals surface area contributed by atoms with Crippen molar-refractivity contribution >= 4 is 27.5 Å². The summed E-state index contributed by atoms with van der Waals surface area (Å²) in [6.07, 6.45) is 2.03. The van der Waals surface area contributed by atoms with Crippen molar-refractivity contribution in [3.8, 4) is 0 Å². The van der Waals surface area contributed by atoms with E-state index in [0.717, 1.165) is 35.1 Å². The molecule has 0 fully saturated rings. The molecule has 0 spiro atoms. The zero-order valence-electron chi connectivity index (χ0n) is 11.6. The highest BCUT2D eigenvalue weighted by Crippen LogP contribution is 2.32. The number of amides is 1. The van der Waals surface area contributed by atoms with Crippen molar-refractivity contribution in [1.29, 1.82) is 0 Å². The number of nitrogens with one attached hydrogen (secondary N) is 2. The molecule has 0 radical (unpaired) electrons. The lowest BCUT2D eigenvalue weighted by Gasteiger charge is -2.11. The molecule has 3 rings (SSSR count). The van der Waals surface area contributed by atoms with Gasteiger partial charge in [-0.3, -0.25) is 4.79 Å². The van der Waals surface area contributed by atoms with Gasteiger partial charge in [-0.05, 0) is 43.1 Å². The second kappa shape index (κ2) is 6.41. The van der Waals surface area contributed by atoms with Crippen LogP contribution < -0.4 is 10.6 Å². The van der Waals surface area contributed by atoms with Crippen LogP contribution in [-0.4, -0.2) is 12.5 Å². The van der Waals surface area contributed by atoms with Crippen LogP contribution in [0.5, 0.6) is 0 Å². The number of aryl methyl sites for hydroxylation is 1. The van der Waals surface area contributed by atoms with E-state index in [1.807, 2.05) is 24.3 Å². The summed E-state index contributed by atoms with van der Waals surface area (Å²) in [4.78, 5) is 12.0. The number of hydrogen-bond acceptors (Lipinski definition) is 2. The summed E-state index contributed by atoms with van der Waals surface area (Å²) in [6.45, 7) is 0.818. The third kappa shape index (κ3) is 3.34. The van der Waals surface area contributed by atoms with Crippen LogP contribution in [0.4, 0.5) is 5.69 Å². The summed E-state index contributed by atoms with van der Waals surface area (Å²) in [7, 11) is 0. The smallest absolute Gasteiger partial charge is 0.246 e. The van der Waals surface area contributed by atoms with E-state index < -0.39 is 0 Å². The largest absolute Gasteiger partial charge is 0.324 e. The summed E-state index contributed by atoms with van der Waals surface area (Å²) < 4.78 is 0.994. The molecular weight excluding hydrogens is 328 g/mol. The Kier molecular flexibility index (Phi) is 4.36. The molecule has 0 aliphatic carbocycles. The van der Waals surface area contributed by atoms with Crippen LogP contribution in [0.3, 0.4) is 0 Å². The van der Waals surface area contributed by atoms with Crippen molar-refractivity contribution in [2.45, 2.75) is 18.9 Å². The first-order chi connectivity index (χ1) is 10.2. The van der Waals surface area contributed by atoms with Gasteiger partial charge in [-0.1, -0.05) is 46.3 Å². The average molecular weight is 345 g/mol. The van der Waals surface area contributed by atoms with Crippen LogP contribution in [0.1, 0.15) is 23.6 Å². The molecule has 2 aromatic rings. The molecule has 0 saturated heterocycles. The van der Waals surface area contributed by atoms with Crippen LogP contribution in [0.2, 0.25) is 0 Å². The van der Waals surface area contributed by atoms with E-state index in [1.54, 1.807) is 0 Å². The summed E-state index contributed by atoms with van der Waals surface area (Å²) in [5.74, 6) is 0.0304. The minimum absolute atomic E-state index is 0.0304. The highest BCUT2D eigenvalue weighted by Gasteiger charge is 2.29. The monoisotopic (exact) mass is 344 g/mol. The first kappa shape index (κ1) is 14.3. The predicted octanol–water partition coefficient (Wildman–Crippen LogP) is 3.66. The Morgan fingerprint density at radius 1 is 1.14 bits per heavy atom. The van der Waals surface area contributed by atoms with Gasteiger partial charge in [0.1, 0.15) is 6.04 Å². The van der Waals surface area contributed by atoms with Crippen molar-refractivity contribution in [2.24, 2.45) is 0 Å². The topological polar surface area (TPSA) is 41.1 Å². The van der Waals surface area contributed by atoms with Gasteiger partial charge in [0, 0.05) is 15.7 Å². The van der Waals surface area contributed by atoms with Gasteiger partial charge < -0.3 is 10.6 Å². The SMILES string of the molecule is O=C1Nc2ccc(Br)cc2C1NCCCc1ccccc1. The Morgan fingerprint density at radius 3 is 2.76 bits per heavy atom. The molecule has 2 N–H and O–H groups in total. The Balaban J connectivity index is 1.56. The van der Waals surface area contributed by atoms with Crippen molar-refractivity contribution < 1.29 is 4.79 Å². The highest BCUT2D eigenvalue weighted by molar-refractivity contribution is 9.10. The molecule has 0 bridgehead atoms. The zero-order valence-corrected chi connectivity index (χ0v) is 13.2. The maximum Gasteiger partial charge on any atom is 0.246 e. The van der Waals surface area contributed by atoms with E-state index in [4.69, 9.17) is 0 Å². The van der Waals surface area contributed by atoms with Gasteiger partial charge in [-0.15, -0.1) is 0 Å². The van der Waals surface area contributed by atoms with E-state index in [-0.39, 0.29) is 11.9 Å². The molecule has 2 aromatic carbocycles. The molecule has 1 unspecified atom stereocenters. The molecule has 1 heterocycles. The Hall–Kier alpha value is -1.65. The third-order valence-corrected chi connectivity index (χ3v) is 4.17. The van der Waals surface area contributed by atoms with Crippen LogP contribution in [0.15, 0.2) is 53.0 Å². The van der Waals surface area contributed by atoms with Gasteiger partial charge in [0.25, 0.3) is 0 Å². The number of benzene rings is 2. The van der Waals surface area contributed by atoms with Gasteiger partial charge in [0.15, 0.2) is 0 Å². The van der Waals surface area contributed by atoms with Crippen LogP contribution in [-0.2, 0) is 11.2 Å². The maximum absolute atomic E-state index is 12.0. The van der Waals surface area contributed by atoms with Crippen molar-refractivity contribution in [2.75, 3.05) is 11.9 Å². The van der Waals surface area contributed by atoms with E-state index in [9.17, 15) is 4.79 Å². The summed E-state index contributed by atoms with van der Waals surface area (Å²) in [5, 5.41) is 6.26.